The summed E-state index contributed by atoms with van der Waals surface area (Å²) in [6.45, 7) is 14.3. The van der Waals surface area contributed by atoms with Crippen LogP contribution in [-0.2, 0) is 4.43 Å². The molecule has 0 aliphatic carbocycles. The summed E-state index contributed by atoms with van der Waals surface area (Å²) in [6, 6.07) is 0. The zero-order chi connectivity index (χ0) is 9.07. The van der Waals surface area contributed by atoms with Gasteiger partial charge in [0.25, 0.3) is 0 Å². The molecule has 0 amide bonds. The Labute approximate surface area is 70.9 Å². The minimum atomic E-state index is -1.44. The fourth-order valence-corrected chi connectivity index (χ4v) is 1.51. The molecule has 0 aromatic heterocycles. The number of allylic oxidation sites excluding steroid dienone is 2. The summed E-state index contributed by atoms with van der Waals surface area (Å²) in [5, 5.41) is 0. The first-order valence-electron chi connectivity index (χ1n) is 3.88. The van der Waals surface area contributed by atoms with Gasteiger partial charge >= 0.3 is 0 Å². The first-order valence-corrected chi connectivity index (χ1v) is 7.29. The van der Waals surface area contributed by atoms with Gasteiger partial charge in [-0.05, 0) is 39.1 Å². The van der Waals surface area contributed by atoms with E-state index in [0.717, 1.165) is 11.3 Å². The highest BCUT2D eigenvalue weighted by molar-refractivity contribution is 6.70. The van der Waals surface area contributed by atoms with Crippen LogP contribution < -0.4 is 0 Å². The first-order chi connectivity index (χ1) is 4.87. The molecule has 0 rings (SSSR count). The summed E-state index contributed by atoms with van der Waals surface area (Å²) in [5.74, 6) is 0.826. The van der Waals surface area contributed by atoms with Crippen molar-refractivity contribution in [3.05, 3.63) is 24.0 Å². The molecular weight excluding hydrogens is 152 g/mol. The van der Waals surface area contributed by atoms with Crippen molar-refractivity contribution in [1.82, 2.24) is 0 Å². The fourth-order valence-electron chi connectivity index (χ4n) is 0.611. The third kappa shape index (κ3) is 4.84. The molecule has 64 valence electrons. The maximum atomic E-state index is 5.67. The zero-order valence-corrected chi connectivity index (χ0v) is 9.19. The monoisotopic (exact) mass is 170 g/mol. The van der Waals surface area contributed by atoms with Crippen LogP contribution >= 0.6 is 0 Å². The molecule has 0 saturated heterocycles. The second-order valence-electron chi connectivity index (χ2n) is 3.61. The van der Waals surface area contributed by atoms with Crippen LogP contribution in [0.3, 0.4) is 0 Å². The molecule has 0 heterocycles. The van der Waals surface area contributed by atoms with Gasteiger partial charge in [0, 0.05) is 0 Å². The summed E-state index contributed by atoms with van der Waals surface area (Å²) < 4.78 is 5.67. The van der Waals surface area contributed by atoms with Crippen LogP contribution in [0.15, 0.2) is 24.0 Å². The highest BCUT2D eigenvalue weighted by Gasteiger charge is 2.16. The molecule has 0 radical (unpaired) electrons. The quantitative estimate of drug-likeness (QED) is 0.359. The van der Waals surface area contributed by atoms with Gasteiger partial charge in [0.1, 0.15) is 0 Å². The summed E-state index contributed by atoms with van der Waals surface area (Å²) in [7, 11) is -1.44. The second-order valence-corrected chi connectivity index (χ2v) is 8.04. The lowest BCUT2D eigenvalue weighted by molar-refractivity contribution is 0.435. The molecule has 0 N–H and O–H groups in total. The van der Waals surface area contributed by atoms with Crippen LogP contribution in [0, 0.1) is 0 Å². The molecule has 0 aromatic rings. The molecule has 0 unspecified atom stereocenters. The van der Waals surface area contributed by atoms with Gasteiger partial charge in [-0.25, -0.2) is 0 Å². The molecule has 0 bridgehead atoms. The molecule has 0 atom stereocenters. The van der Waals surface area contributed by atoms with Gasteiger partial charge in [-0.3, -0.25) is 0 Å². The maximum Gasteiger partial charge on any atom is 0.242 e. The van der Waals surface area contributed by atoms with Gasteiger partial charge < -0.3 is 4.43 Å². The largest absolute Gasteiger partial charge is 0.545 e. The summed E-state index contributed by atoms with van der Waals surface area (Å²) in [5.41, 5.74) is 1.13. The number of hydrogen-bond donors (Lipinski definition) is 0. The number of rotatable bonds is 3. The normalized spacial score (nSPS) is 13.0. The standard InChI is InChI=1S/C9H18OSi/c1-7-8(2)9(3)10-11(4,5)6/h7H,3H2,1-2,4-6H3/b8-7+. The molecule has 0 fully saturated rings. The van der Waals surface area contributed by atoms with Gasteiger partial charge in [0.2, 0.25) is 8.32 Å². The summed E-state index contributed by atoms with van der Waals surface area (Å²) in [4.78, 5) is 0. The Morgan fingerprint density at radius 3 is 2.09 bits per heavy atom. The van der Waals surface area contributed by atoms with E-state index >= 15 is 0 Å². The predicted molar refractivity (Wildman–Crippen MR) is 53.0 cm³/mol. The van der Waals surface area contributed by atoms with E-state index in [1.165, 1.54) is 0 Å². The van der Waals surface area contributed by atoms with E-state index in [2.05, 4.69) is 26.2 Å². The van der Waals surface area contributed by atoms with E-state index in [9.17, 15) is 0 Å². The van der Waals surface area contributed by atoms with Crippen LogP contribution in [0.5, 0.6) is 0 Å². The van der Waals surface area contributed by atoms with Crippen molar-refractivity contribution < 1.29 is 4.43 Å². The summed E-state index contributed by atoms with van der Waals surface area (Å²) >= 11 is 0. The van der Waals surface area contributed by atoms with Crippen LogP contribution in [-0.4, -0.2) is 8.32 Å². The lowest BCUT2D eigenvalue weighted by atomic mass is 10.3. The van der Waals surface area contributed by atoms with E-state index in [-0.39, 0.29) is 0 Å². The second kappa shape index (κ2) is 3.76. The lowest BCUT2D eigenvalue weighted by Gasteiger charge is -2.21. The minimum absolute atomic E-state index is 0.826. The van der Waals surface area contributed by atoms with Crippen molar-refractivity contribution in [2.24, 2.45) is 0 Å². The van der Waals surface area contributed by atoms with E-state index in [1.54, 1.807) is 0 Å². The molecule has 0 saturated carbocycles. The lowest BCUT2D eigenvalue weighted by Crippen LogP contribution is -2.24. The summed E-state index contributed by atoms with van der Waals surface area (Å²) in [6.07, 6.45) is 2.02. The average molecular weight is 170 g/mol. The van der Waals surface area contributed by atoms with Crippen molar-refractivity contribution in [3.63, 3.8) is 0 Å². The van der Waals surface area contributed by atoms with Crippen LogP contribution in [0.25, 0.3) is 0 Å². The van der Waals surface area contributed by atoms with Crippen molar-refractivity contribution in [2.75, 3.05) is 0 Å². The highest BCUT2D eigenvalue weighted by atomic mass is 28.4. The Bertz CT molecular complexity index is 174. The molecule has 0 aromatic carbocycles. The van der Waals surface area contributed by atoms with Gasteiger partial charge in [-0.2, -0.15) is 0 Å². The SMILES string of the molecule is C=C(O[Si](C)(C)C)/C(C)=C/C. The van der Waals surface area contributed by atoms with Gasteiger partial charge in [-0.1, -0.05) is 12.7 Å². The molecular formula is C9H18OSi. The van der Waals surface area contributed by atoms with E-state index in [1.807, 2.05) is 19.9 Å². The van der Waals surface area contributed by atoms with E-state index in [4.69, 9.17) is 4.43 Å². The van der Waals surface area contributed by atoms with Crippen LogP contribution in [0.4, 0.5) is 0 Å². The van der Waals surface area contributed by atoms with E-state index in [0.29, 0.717) is 0 Å². The highest BCUT2D eigenvalue weighted by Crippen LogP contribution is 2.14. The third-order valence-electron chi connectivity index (χ3n) is 1.30. The Morgan fingerprint density at radius 1 is 1.36 bits per heavy atom. The predicted octanol–water partition coefficient (Wildman–Crippen LogP) is 3.32. The Morgan fingerprint density at radius 2 is 1.82 bits per heavy atom. The Balaban J connectivity index is 4.10. The van der Waals surface area contributed by atoms with Crippen molar-refractivity contribution in [2.45, 2.75) is 33.5 Å². The van der Waals surface area contributed by atoms with Crippen LogP contribution in [0.2, 0.25) is 19.6 Å². The number of hydrogen-bond acceptors (Lipinski definition) is 1. The van der Waals surface area contributed by atoms with Crippen molar-refractivity contribution >= 4 is 8.32 Å². The molecule has 0 spiro atoms. The Hall–Kier alpha value is -0.503. The molecule has 1 nitrogen and oxygen atoms in total. The fraction of sp³-hybridized carbons (Fsp3) is 0.556. The molecule has 11 heavy (non-hydrogen) atoms. The average Bonchev–Trinajstić information content (AvgIpc) is 1.82. The third-order valence-corrected chi connectivity index (χ3v) is 2.16. The van der Waals surface area contributed by atoms with Crippen molar-refractivity contribution in [1.29, 1.82) is 0 Å². The zero-order valence-electron chi connectivity index (χ0n) is 8.19. The Kier molecular flexibility index (Phi) is 3.59. The van der Waals surface area contributed by atoms with Crippen LogP contribution in [0.1, 0.15) is 13.8 Å². The van der Waals surface area contributed by atoms with Gasteiger partial charge in [0.05, 0.1) is 5.76 Å². The molecule has 0 aliphatic heterocycles. The smallest absolute Gasteiger partial charge is 0.242 e. The van der Waals surface area contributed by atoms with E-state index < -0.39 is 8.32 Å². The minimum Gasteiger partial charge on any atom is -0.545 e. The molecule has 0 aliphatic rings. The first kappa shape index (κ1) is 10.5. The van der Waals surface area contributed by atoms with Gasteiger partial charge in [-0.15, -0.1) is 0 Å². The topological polar surface area (TPSA) is 9.23 Å². The maximum absolute atomic E-state index is 5.67. The van der Waals surface area contributed by atoms with Gasteiger partial charge in [0.15, 0.2) is 0 Å². The van der Waals surface area contributed by atoms with Crippen molar-refractivity contribution in [3.8, 4) is 0 Å². The molecule has 2 heteroatoms.